The standard InChI is InChI=1S/C44H85NO7/c1-5-7-9-11-15-23-31-42(32-24-16-12-10-8-6-2)52-44(49)34-26-18-14-20-28-36-45(37-38-46)35-27-19-13-17-25-33-43(48)51-40(3)30-22-21-29-39-50-41(4)47/h40,42,46H,5-39H2,1-4H3. The maximum Gasteiger partial charge on any atom is 0.306 e. The van der Waals surface area contributed by atoms with Gasteiger partial charge in [-0.15, -0.1) is 0 Å². The molecule has 1 unspecified atom stereocenters. The molecule has 0 amide bonds. The van der Waals surface area contributed by atoms with Crippen LogP contribution in [0.2, 0.25) is 0 Å². The summed E-state index contributed by atoms with van der Waals surface area (Å²) in [6.45, 7) is 11.3. The molecule has 0 radical (unpaired) electrons. The minimum absolute atomic E-state index is 0.00259. The van der Waals surface area contributed by atoms with Crippen molar-refractivity contribution >= 4 is 17.9 Å². The Morgan fingerprint density at radius 1 is 0.519 bits per heavy atom. The molecule has 0 spiro atoms. The third-order valence-electron chi connectivity index (χ3n) is 10.1. The number of carbonyl (C=O) groups excluding carboxylic acids is 3. The quantitative estimate of drug-likeness (QED) is 0.0376. The number of esters is 3. The average Bonchev–Trinajstić information content (AvgIpc) is 3.11. The van der Waals surface area contributed by atoms with Crippen molar-refractivity contribution in [2.24, 2.45) is 0 Å². The maximum atomic E-state index is 12.7. The van der Waals surface area contributed by atoms with Crippen LogP contribution in [-0.2, 0) is 28.6 Å². The Labute approximate surface area is 321 Å². The van der Waals surface area contributed by atoms with Gasteiger partial charge in [0.05, 0.1) is 19.3 Å². The zero-order valence-electron chi connectivity index (χ0n) is 34.7. The maximum absolute atomic E-state index is 12.7. The molecule has 0 rings (SSSR count). The van der Waals surface area contributed by atoms with Gasteiger partial charge >= 0.3 is 17.9 Å². The van der Waals surface area contributed by atoms with E-state index in [2.05, 4.69) is 18.7 Å². The highest BCUT2D eigenvalue weighted by atomic mass is 16.5. The second-order valence-corrected chi connectivity index (χ2v) is 15.3. The fraction of sp³-hybridized carbons (Fsp3) is 0.932. The van der Waals surface area contributed by atoms with E-state index in [9.17, 15) is 19.5 Å². The summed E-state index contributed by atoms with van der Waals surface area (Å²) < 4.78 is 16.5. The summed E-state index contributed by atoms with van der Waals surface area (Å²) in [6.07, 6.45) is 32.7. The average molecular weight is 740 g/mol. The minimum Gasteiger partial charge on any atom is -0.466 e. The lowest BCUT2D eigenvalue weighted by Crippen LogP contribution is -2.29. The van der Waals surface area contributed by atoms with Crippen molar-refractivity contribution in [1.82, 2.24) is 4.90 Å². The molecule has 1 atom stereocenters. The molecule has 8 nitrogen and oxygen atoms in total. The van der Waals surface area contributed by atoms with Gasteiger partial charge in [-0.25, -0.2) is 0 Å². The fourth-order valence-electron chi connectivity index (χ4n) is 6.83. The normalized spacial score (nSPS) is 12.1. The van der Waals surface area contributed by atoms with Gasteiger partial charge in [-0.1, -0.05) is 117 Å². The van der Waals surface area contributed by atoms with Gasteiger partial charge in [0.25, 0.3) is 0 Å². The van der Waals surface area contributed by atoms with Crippen molar-refractivity contribution in [3.05, 3.63) is 0 Å². The van der Waals surface area contributed by atoms with E-state index in [0.717, 1.165) is 122 Å². The number of rotatable bonds is 40. The van der Waals surface area contributed by atoms with E-state index in [4.69, 9.17) is 14.2 Å². The minimum atomic E-state index is -0.239. The number of aliphatic hydroxyl groups excluding tert-OH is 1. The zero-order chi connectivity index (χ0) is 38.3. The van der Waals surface area contributed by atoms with E-state index in [0.29, 0.717) is 19.4 Å². The van der Waals surface area contributed by atoms with Gasteiger partial charge in [0.15, 0.2) is 0 Å². The van der Waals surface area contributed by atoms with E-state index >= 15 is 0 Å². The Balaban J connectivity index is 3.99. The van der Waals surface area contributed by atoms with Crippen molar-refractivity contribution in [1.29, 1.82) is 0 Å². The molecule has 8 heteroatoms. The second kappa shape index (κ2) is 39.0. The highest BCUT2D eigenvalue weighted by Crippen LogP contribution is 2.18. The van der Waals surface area contributed by atoms with Crippen molar-refractivity contribution < 1.29 is 33.7 Å². The summed E-state index contributed by atoms with van der Waals surface area (Å²) in [5.74, 6) is -0.340. The number of nitrogens with zero attached hydrogens (tertiary/aromatic N) is 1. The SMILES string of the molecule is CCCCCCCCC(CCCCCCCC)OC(=O)CCCCCCCN(CCO)CCCCCCCC(=O)OC(C)CCCCCOC(C)=O. The molecule has 0 saturated carbocycles. The van der Waals surface area contributed by atoms with Crippen LogP contribution in [0.3, 0.4) is 0 Å². The van der Waals surface area contributed by atoms with E-state index < -0.39 is 0 Å². The number of hydrogen-bond acceptors (Lipinski definition) is 8. The molecule has 0 fully saturated rings. The van der Waals surface area contributed by atoms with Crippen molar-refractivity contribution in [3.8, 4) is 0 Å². The van der Waals surface area contributed by atoms with Gasteiger partial charge in [-0.05, 0) is 97.1 Å². The van der Waals surface area contributed by atoms with Gasteiger partial charge < -0.3 is 24.2 Å². The Morgan fingerprint density at radius 2 is 0.942 bits per heavy atom. The first-order valence-corrected chi connectivity index (χ1v) is 22.2. The molecule has 0 heterocycles. The first-order valence-electron chi connectivity index (χ1n) is 22.2. The molecule has 0 aromatic heterocycles. The largest absolute Gasteiger partial charge is 0.466 e. The van der Waals surface area contributed by atoms with Crippen LogP contribution in [0.25, 0.3) is 0 Å². The van der Waals surface area contributed by atoms with E-state index in [-0.39, 0.29) is 36.7 Å². The summed E-state index contributed by atoms with van der Waals surface area (Å²) in [4.78, 5) is 38.0. The Hall–Kier alpha value is -1.67. The lowest BCUT2D eigenvalue weighted by Gasteiger charge is -2.21. The monoisotopic (exact) mass is 740 g/mol. The first kappa shape index (κ1) is 50.3. The molecule has 0 saturated heterocycles. The van der Waals surface area contributed by atoms with E-state index in [1.54, 1.807) is 0 Å². The first-order chi connectivity index (χ1) is 25.3. The van der Waals surface area contributed by atoms with Gasteiger partial charge in [-0.2, -0.15) is 0 Å². The van der Waals surface area contributed by atoms with Crippen molar-refractivity contribution in [2.45, 2.75) is 233 Å². The highest BCUT2D eigenvalue weighted by Gasteiger charge is 2.15. The number of hydrogen-bond donors (Lipinski definition) is 1. The molecule has 0 aromatic rings. The Kier molecular flexibility index (Phi) is 37.8. The van der Waals surface area contributed by atoms with Crippen LogP contribution >= 0.6 is 0 Å². The van der Waals surface area contributed by atoms with Crippen LogP contribution in [-0.4, -0.2) is 73.0 Å². The van der Waals surface area contributed by atoms with E-state index in [1.165, 1.54) is 84.0 Å². The molecule has 52 heavy (non-hydrogen) atoms. The van der Waals surface area contributed by atoms with Crippen LogP contribution < -0.4 is 0 Å². The van der Waals surface area contributed by atoms with Gasteiger partial charge in [0.1, 0.15) is 6.10 Å². The molecule has 0 bridgehead atoms. The molecule has 0 aliphatic heterocycles. The topological polar surface area (TPSA) is 102 Å². The third kappa shape index (κ3) is 36.7. The molecule has 0 aromatic carbocycles. The van der Waals surface area contributed by atoms with Gasteiger partial charge in [0.2, 0.25) is 0 Å². The van der Waals surface area contributed by atoms with Gasteiger partial charge in [0, 0.05) is 26.3 Å². The van der Waals surface area contributed by atoms with Crippen LogP contribution in [0, 0.1) is 0 Å². The summed E-state index contributed by atoms with van der Waals surface area (Å²) in [5.41, 5.74) is 0. The highest BCUT2D eigenvalue weighted by molar-refractivity contribution is 5.69. The van der Waals surface area contributed by atoms with Crippen LogP contribution in [0.15, 0.2) is 0 Å². The fourth-order valence-corrected chi connectivity index (χ4v) is 6.83. The molecular weight excluding hydrogens is 654 g/mol. The number of carbonyl (C=O) groups is 3. The van der Waals surface area contributed by atoms with Crippen molar-refractivity contribution in [3.63, 3.8) is 0 Å². The number of ether oxygens (including phenoxy) is 3. The third-order valence-corrected chi connectivity index (χ3v) is 10.1. The molecule has 0 aliphatic carbocycles. The second-order valence-electron chi connectivity index (χ2n) is 15.3. The van der Waals surface area contributed by atoms with Gasteiger partial charge in [-0.3, -0.25) is 14.4 Å². The predicted molar refractivity (Wildman–Crippen MR) is 215 cm³/mol. The van der Waals surface area contributed by atoms with Crippen LogP contribution in [0.1, 0.15) is 220 Å². The zero-order valence-corrected chi connectivity index (χ0v) is 34.7. The van der Waals surface area contributed by atoms with E-state index in [1.807, 2.05) is 6.92 Å². The molecular formula is C44H85NO7. The van der Waals surface area contributed by atoms with Crippen LogP contribution in [0.5, 0.6) is 0 Å². The predicted octanol–water partition coefficient (Wildman–Crippen LogP) is 11.4. The lowest BCUT2D eigenvalue weighted by atomic mass is 10.0. The summed E-state index contributed by atoms with van der Waals surface area (Å²) in [6, 6.07) is 0. The lowest BCUT2D eigenvalue weighted by molar-refractivity contribution is -0.150. The summed E-state index contributed by atoms with van der Waals surface area (Å²) in [5, 5.41) is 9.55. The van der Waals surface area contributed by atoms with Crippen molar-refractivity contribution in [2.75, 3.05) is 32.8 Å². The number of aliphatic hydroxyl groups is 1. The molecule has 1 N–H and O–H groups in total. The Morgan fingerprint density at radius 3 is 1.44 bits per heavy atom. The number of unbranched alkanes of at least 4 members (excludes halogenated alkanes) is 20. The molecule has 308 valence electrons. The van der Waals surface area contributed by atoms with Crippen LogP contribution in [0.4, 0.5) is 0 Å². The Bertz CT molecular complexity index is 791. The molecule has 0 aliphatic rings. The smallest absolute Gasteiger partial charge is 0.306 e. The summed E-state index contributed by atoms with van der Waals surface area (Å²) in [7, 11) is 0. The summed E-state index contributed by atoms with van der Waals surface area (Å²) >= 11 is 0.